The number of benzene rings is 1. The molecular formula is C23H34N2O4S. The maximum atomic E-state index is 13.7. The smallest absolute Gasteiger partial charge is 0.371 e. The molecule has 0 aromatic heterocycles. The maximum Gasteiger partial charge on any atom is 0.385 e. The van der Waals surface area contributed by atoms with Gasteiger partial charge in [0.25, 0.3) is 0 Å². The summed E-state index contributed by atoms with van der Waals surface area (Å²) >= 11 is 0. The summed E-state index contributed by atoms with van der Waals surface area (Å²) in [4.78, 5) is 15.8. The standard InChI is InChI=1S/C23H34N2O4S/c1-17-10-14-20(15-11-17)29-30(27,28)24-16-6-5-9-22(24)23(26)25-18(2)12-13-19-7-3-4-8-21(19)25/h10-11,14-15,18-19,21-22H,3-9,12-13,16H2,1-2H3/t18-,19-,21-,22-/m1/s1. The van der Waals surface area contributed by atoms with Crippen molar-refractivity contribution in [3.8, 4) is 5.75 Å². The molecule has 0 bridgehead atoms. The van der Waals surface area contributed by atoms with Crippen molar-refractivity contribution in [2.45, 2.75) is 89.8 Å². The van der Waals surface area contributed by atoms with Crippen molar-refractivity contribution in [3.63, 3.8) is 0 Å². The van der Waals surface area contributed by atoms with E-state index in [1.165, 1.54) is 23.6 Å². The van der Waals surface area contributed by atoms with Crippen LogP contribution in [-0.4, -0.2) is 48.2 Å². The second kappa shape index (κ2) is 8.87. The van der Waals surface area contributed by atoms with Gasteiger partial charge < -0.3 is 9.08 Å². The minimum Gasteiger partial charge on any atom is -0.371 e. The summed E-state index contributed by atoms with van der Waals surface area (Å²) in [6.45, 7) is 4.39. The molecule has 4 rings (SSSR count). The van der Waals surface area contributed by atoms with Crippen molar-refractivity contribution in [1.82, 2.24) is 9.21 Å². The van der Waals surface area contributed by atoms with E-state index < -0.39 is 16.3 Å². The Balaban J connectivity index is 1.56. The van der Waals surface area contributed by atoms with E-state index in [1.807, 2.05) is 19.1 Å². The zero-order valence-corrected chi connectivity index (χ0v) is 18.9. The Morgan fingerprint density at radius 3 is 2.43 bits per heavy atom. The van der Waals surface area contributed by atoms with Crippen molar-refractivity contribution in [2.24, 2.45) is 5.92 Å². The second-order valence-electron chi connectivity index (χ2n) is 9.26. The number of nitrogens with zero attached hydrogens (tertiary/aromatic N) is 2. The minimum atomic E-state index is -4.04. The van der Waals surface area contributed by atoms with Crippen LogP contribution in [0.4, 0.5) is 0 Å². The fraction of sp³-hybridized carbons (Fsp3) is 0.696. The average molecular weight is 435 g/mol. The van der Waals surface area contributed by atoms with Gasteiger partial charge in [-0.1, -0.05) is 37.0 Å². The largest absolute Gasteiger partial charge is 0.385 e. The maximum absolute atomic E-state index is 13.7. The molecule has 1 amide bonds. The summed E-state index contributed by atoms with van der Waals surface area (Å²) in [5.74, 6) is 0.835. The Bertz CT molecular complexity index is 854. The molecule has 1 saturated carbocycles. The molecule has 1 aromatic rings. The Morgan fingerprint density at radius 2 is 1.67 bits per heavy atom. The van der Waals surface area contributed by atoms with Crippen LogP contribution in [0.2, 0.25) is 0 Å². The highest BCUT2D eigenvalue weighted by Crippen LogP contribution is 2.39. The van der Waals surface area contributed by atoms with Crippen molar-refractivity contribution >= 4 is 16.2 Å². The van der Waals surface area contributed by atoms with E-state index in [1.54, 1.807) is 12.1 Å². The third-order valence-corrected chi connectivity index (χ3v) is 8.57. The van der Waals surface area contributed by atoms with Crippen molar-refractivity contribution in [2.75, 3.05) is 6.54 Å². The van der Waals surface area contributed by atoms with Crippen LogP contribution in [0.25, 0.3) is 0 Å². The SMILES string of the molecule is Cc1ccc(OS(=O)(=O)N2CCCC[C@@H]2C(=O)N2[C@H](C)CC[C@H]3CCCC[C@H]32)cc1. The van der Waals surface area contributed by atoms with Crippen molar-refractivity contribution < 1.29 is 17.4 Å². The van der Waals surface area contributed by atoms with Crippen molar-refractivity contribution in [3.05, 3.63) is 29.8 Å². The van der Waals surface area contributed by atoms with Gasteiger partial charge in [0.05, 0.1) is 0 Å². The molecule has 30 heavy (non-hydrogen) atoms. The number of amides is 1. The molecule has 1 aromatic carbocycles. The summed E-state index contributed by atoms with van der Waals surface area (Å²) in [7, 11) is -4.04. The molecule has 166 valence electrons. The quantitative estimate of drug-likeness (QED) is 0.717. The van der Waals surface area contributed by atoms with E-state index in [0.717, 1.165) is 37.7 Å². The normalized spacial score (nSPS) is 30.5. The number of carbonyl (C=O) groups is 1. The summed E-state index contributed by atoms with van der Waals surface area (Å²) < 4.78 is 33.0. The van der Waals surface area contributed by atoms with Crippen LogP contribution in [0.15, 0.2) is 24.3 Å². The first-order valence-corrected chi connectivity index (χ1v) is 12.8. The molecule has 6 nitrogen and oxygen atoms in total. The Labute approximate surface area is 180 Å². The van der Waals surface area contributed by atoms with E-state index in [-0.39, 0.29) is 23.7 Å². The van der Waals surface area contributed by atoms with Gasteiger partial charge in [-0.15, -0.1) is 0 Å². The third-order valence-electron chi connectivity index (χ3n) is 7.16. The first-order chi connectivity index (χ1) is 14.4. The van der Waals surface area contributed by atoms with Gasteiger partial charge >= 0.3 is 10.3 Å². The van der Waals surface area contributed by atoms with E-state index in [2.05, 4.69) is 11.8 Å². The molecule has 2 aliphatic heterocycles. The molecule has 0 radical (unpaired) electrons. The highest BCUT2D eigenvalue weighted by Gasteiger charge is 2.45. The van der Waals surface area contributed by atoms with Gasteiger partial charge in [0.15, 0.2) is 0 Å². The number of hydrogen-bond donors (Lipinski definition) is 0. The van der Waals surface area contributed by atoms with Crippen LogP contribution in [-0.2, 0) is 15.1 Å². The van der Waals surface area contributed by atoms with Gasteiger partial charge in [-0.05, 0) is 70.4 Å². The van der Waals surface area contributed by atoms with Crippen LogP contribution in [0.5, 0.6) is 5.75 Å². The number of fused-ring (bicyclic) bond motifs is 1. The molecule has 4 atom stereocenters. The topological polar surface area (TPSA) is 66.9 Å². The molecule has 3 aliphatic rings. The number of aryl methyl sites for hydroxylation is 1. The molecule has 7 heteroatoms. The molecule has 0 N–H and O–H groups in total. The van der Waals surface area contributed by atoms with Crippen LogP contribution in [0.3, 0.4) is 0 Å². The number of likely N-dealkylation sites (tertiary alicyclic amines) is 1. The van der Waals surface area contributed by atoms with Gasteiger partial charge in [-0.25, -0.2) is 0 Å². The summed E-state index contributed by atoms with van der Waals surface area (Å²) in [5, 5.41) is 0. The fourth-order valence-corrected chi connectivity index (χ4v) is 6.86. The first-order valence-electron chi connectivity index (χ1n) is 11.5. The Morgan fingerprint density at radius 1 is 0.967 bits per heavy atom. The zero-order chi connectivity index (χ0) is 21.3. The number of piperidine rings is 2. The Kier molecular flexibility index (Phi) is 6.39. The summed E-state index contributed by atoms with van der Waals surface area (Å²) in [5.41, 5.74) is 1.03. The van der Waals surface area contributed by atoms with Crippen LogP contribution in [0.1, 0.15) is 70.3 Å². The lowest BCUT2D eigenvalue weighted by molar-refractivity contribution is -0.146. The third kappa shape index (κ3) is 4.37. The lowest BCUT2D eigenvalue weighted by Gasteiger charge is -2.49. The predicted molar refractivity (Wildman–Crippen MR) is 116 cm³/mol. The van der Waals surface area contributed by atoms with Crippen molar-refractivity contribution in [1.29, 1.82) is 0 Å². The van der Waals surface area contributed by atoms with Gasteiger partial charge in [-0.2, -0.15) is 12.7 Å². The van der Waals surface area contributed by atoms with Gasteiger partial charge in [0.1, 0.15) is 11.8 Å². The van der Waals surface area contributed by atoms with E-state index in [0.29, 0.717) is 18.9 Å². The lowest BCUT2D eigenvalue weighted by Crippen LogP contribution is -2.61. The van der Waals surface area contributed by atoms with Crippen LogP contribution >= 0.6 is 0 Å². The zero-order valence-electron chi connectivity index (χ0n) is 18.1. The molecule has 0 spiro atoms. The van der Waals surface area contributed by atoms with Gasteiger partial charge in [0, 0.05) is 18.6 Å². The van der Waals surface area contributed by atoms with E-state index >= 15 is 0 Å². The van der Waals surface area contributed by atoms with Gasteiger partial charge in [0.2, 0.25) is 5.91 Å². The molecule has 2 saturated heterocycles. The fourth-order valence-electron chi connectivity index (χ4n) is 5.55. The first kappa shape index (κ1) is 21.6. The highest BCUT2D eigenvalue weighted by atomic mass is 32.2. The average Bonchev–Trinajstić information content (AvgIpc) is 2.75. The number of rotatable bonds is 4. The van der Waals surface area contributed by atoms with Crippen LogP contribution in [0, 0.1) is 12.8 Å². The molecule has 1 aliphatic carbocycles. The monoisotopic (exact) mass is 434 g/mol. The summed E-state index contributed by atoms with van der Waals surface area (Å²) in [6.07, 6.45) is 8.99. The van der Waals surface area contributed by atoms with Gasteiger partial charge in [-0.3, -0.25) is 4.79 Å². The lowest BCUT2D eigenvalue weighted by atomic mass is 9.76. The highest BCUT2D eigenvalue weighted by molar-refractivity contribution is 7.84. The predicted octanol–water partition coefficient (Wildman–Crippen LogP) is 4.04. The van der Waals surface area contributed by atoms with E-state index in [4.69, 9.17) is 4.18 Å². The Hall–Kier alpha value is -1.60. The minimum absolute atomic E-state index is 0.0186. The second-order valence-corrected chi connectivity index (χ2v) is 10.8. The molecule has 3 fully saturated rings. The summed E-state index contributed by atoms with van der Waals surface area (Å²) in [6, 6.07) is 6.74. The number of hydrogen-bond acceptors (Lipinski definition) is 4. The van der Waals surface area contributed by atoms with Crippen LogP contribution < -0.4 is 4.18 Å². The molecule has 2 heterocycles. The van der Waals surface area contributed by atoms with E-state index in [9.17, 15) is 13.2 Å². The molecule has 0 unspecified atom stereocenters. The molecular weight excluding hydrogens is 400 g/mol. The number of carbonyl (C=O) groups excluding carboxylic acids is 1.